The number of nitrogens with zero attached hydrogens (tertiary/aromatic N) is 1. The minimum absolute atomic E-state index is 0.0627. The van der Waals surface area contributed by atoms with E-state index in [9.17, 15) is 9.59 Å². The van der Waals surface area contributed by atoms with E-state index >= 15 is 0 Å². The topological polar surface area (TPSA) is 86.8 Å². The van der Waals surface area contributed by atoms with Gasteiger partial charge in [-0.1, -0.05) is 72.8 Å². The largest absolute Gasteiger partial charge is 0.489 e. The number of ether oxygens (including phenoxy) is 3. The van der Waals surface area contributed by atoms with Crippen molar-refractivity contribution in [1.29, 1.82) is 0 Å². The maximum atomic E-state index is 13.0. The molecule has 1 heterocycles. The third-order valence-electron chi connectivity index (χ3n) is 6.55. The monoisotopic (exact) mass is 610 g/mol. The second-order valence-electron chi connectivity index (χ2n) is 10.3. The van der Waals surface area contributed by atoms with Gasteiger partial charge in [-0.15, -0.1) is 11.3 Å². The number of carbonyl (C=O) groups excluding carboxylic acids is 2. The summed E-state index contributed by atoms with van der Waals surface area (Å²) in [6.07, 6.45) is 4.23. The minimum atomic E-state index is -0.358. The van der Waals surface area contributed by atoms with Crippen molar-refractivity contribution in [2.75, 3.05) is 13.2 Å². The Kier molecular flexibility index (Phi) is 12.5. The lowest BCUT2D eigenvalue weighted by molar-refractivity contribution is -0.138. The van der Waals surface area contributed by atoms with Crippen LogP contribution in [-0.4, -0.2) is 30.1 Å². The molecule has 0 saturated heterocycles. The lowest BCUT2D eigenvalue weighted by Gasteiger charge is -2.17. The quantitative estimate of drug-likeness (QED) is 0.0867. The number of hydrogen-bond acceptors (Lipinski definition) is 7. The molecular formula is C36H38N2O5S. The summed E-state index contributed by atoms with van der Waals surface area (Å²) in [6.45, 7) is 6.53. The summed E-state index contributed by atoms with van der Waals surface area (Å²) in [5.74, 6) is 0.217. The van der Waals surface area contributed by atoms with Gasteiger partial charge in [0.1, 0.15) is 24.0 Å². The third kappa shape index (κ3) is 10.6. The lowest BCUT2D eigenvalue weighted by Crippen LogP contribution is -2.32. The molecule has 1 atom stereocenters. The third-order valence-corrected chi connectivity index (χ3v) is 7.52. The van der Waals surface area contributed by atoms with Gasteiger partial charge in [0.25, 0.3) is 0 Å². The molecule has 4 rings (SSSR count). The van der Waals surface area contributed by atoms with Gasteiger partial charge in [-0.3, -0.25) is 4.79 Å². The van der Waals surface area contributed by atoms with E-state index in [4.69, 9.17) is 19.2 Å². The summed E-state index contributed by atoms with van der Waals surface area (Å²) in [4.78, 5) is 29.8. The molecule has 0 aliphatic rings. The minimum Gasteiger partial charge on any atom is -0.489 e. The molecule has 0 aliphatic carbocycles. The van der Waals surface area contributed by atoms with Crippen LogP contribution in [0.5, 0.6) is 5.75 Å². The van der Waals surface area contributed by atoms with Crippen molar-refractivity contribution in [3.63, 3.8) is 0 Å². The van der Waals surface area contributed by atoms with Crippen molar-refractivity contribution in [3.8, 4) is 5.75 Å². The first kappa shape index (κ1) is 32.4. The second kappa shape index (κ2) is 16.9. The highest BCUT2D eigenvalue weighted by molar-refractivity contribution is 7.09. The fourth-order valence-corrected chi connectivity index (χ4v) is 5.24. The average Bonchev–Trinajstić information content (AvgIpc) is 3.49. The molecule has 0 fully saturated rings. The molecule has 4 aromatic rings. The molecular weight excluding hydrogens is 572 g/mol. The molecule has 0 saturated carbocycles. The molecule has 3 aromatic carbocycles. The Labute approximate surface area is 263 Å². The Balaban J connectivity index is 1.44. The predicted octanol–water partition coefficient (Wildman–Crippen LogP) is 7.25. The number of nitrogens with one attached hydrogen (secondary N) is 1. The van der Waals surface area contributed by atoms with Gasteiger partial charge in [0, 0.05) is 11.0 Å². The van der Waals surface area contributed by atoms with Crippen molar-refractivity contribution >= 4 is 29.3 Å². The van der Waals surface area contributed by atoms with E-state index in [0.717, 1.165) is 38.7 Å². The Morgan fingerprint density at radius 2 is 1.55 bits per heavy atom. The average molecular weight is 611 g/mol. The van der Waals surface area contributed by atoms with E-state index in [0.29, 0.717) is 31.8 Å². The van der Waals surface area contributed by atoms with Gasteiger partial charge in [-0.05, 0) is 73.7 Å². The first-order valence-electron chi connectivity index (χ1n) is 14.6. The van der Waals surface area contributed by atoms with Crippen LogP contribution in [0.4, 0.5) is 0 Å². The normalized spacial score (nSPS) is 12.4. The van der Waals surface area contributed by atoms with Crippen LogP contribution in [-0.2, 0) is 38.7 Å². The SMILES string of the molecule is CCOC(=O)/C(C)=C\C(C)=C\c1csc([C@H](Cc2ccc(OCc3ccccc3)cc2)NC(=O)COCc2ccccc2)n1. The predicted molar refractivity (Wildman–Crippen MR) is 174 cm³/mol. The van der Waals surface area contributed by atoms with Crippen LogP contribution in [0.25, 0.3) is 6.08 Å². The number of thiazole rings is 1. The highest BCUT2D eigenvalue weighted by Gasteiger charge is 2.19. The van der Waals surface area contributed by atoms with E-state index in [1.165, 1.54) is 11.3 Å². The molecule has 0 bridgehead atoms. The number of aromatic nitrogens is 1. The van der Waals surface area contributed by atoms with Gasteiger partial charge >= 0.3 is 5.97 Å². The molecule has 7 nitrogen and oxygen atoms in total. The van der Waals surface area contributed by atoms with E-state index in [1.54, 1.807) is 19.9 Å². The van der Waals surface area contributed by atoms with Crippen LogP contribution >= 0.6 is 11.3 Å². The first-order valence-corrected chi connectivity index (χ1v) is 15.4. The van der Waals surface area contributed by atoms with Crippen molar-refractivity contribution in [1.82, 2.24) is 10.3 Å². The van der Waals surface area contributed by atoms with Gasteiger partial charge in [0.2, 0.25) is 5.91 Å². The number of allylic oxidation sites excluding steroid dienone is 2. The van der Waals surface area contributed by atoms with Gasteiger partial charge in [0.05, 0.1) is 24.9 Å². The summed E-state index contributed by atoms with van der Waals surface area (Å²) in [7, 11) is 0. The number of carbonyl (C=O) groups is 2. The van der Waals surface area contributed by atoms with Crippen LogP contribution in [0.2, 0.25) is 0 Å². The van der Waals surface area contributed by atoms with Crippen LogP contribution in [0.3, 0.4) is 0 Å². The molecule has 0 aliphatic heterocycles. The number of benzene rings is 3. The molecule has 0 unspecified atom stereocenters. The van der Waals surface area contributed by atoms with E-state index < -0.39 is 0 Å². The van der Waals surface area contributed by atoms with E-state index in [2.05, 4.69) is 5.32 Å². The van der Waals surface area contributed by atoms with Gasteiger partial charge in [-0.25, -0.2) is 9.78 Å². The Morgan fingerprint density at radius 1 is 0.886 bits per heavy atom. The highest BCUT2D eigenvalue weighted by Crippen LogP contribution is 2.25. The molecule has 228 valence electrons. The zero-order valence-electron chi connectivity index (χ0n) is 25.3. The fraction of sp³-hybridized carbons (Fsp3) is 0.250. The van der Waals surface area contributed by atoms with Crippen molar-refractivity contribution in [2.24, 2.45) is 0 Å². The van der Waals surface area contributed by atoms with E-state index in [1.807, 2.05) is 103 Å². The Bertz CT molecular complexity index is 1550. The van der Waals surface area contributed by atoms with Gasteiger partial charge in [-0.2, -0.15) is 0 Å². The smallest absolute Gasteiger partial charge is 0.333 e. The molecule has 1 aromatic heterocycles. The molecule has 1 amide bonds. The standard InChI is InChI=1S/C36H38N2O5S/c1-4-42-36(40)27(3)19-26(2)20-31-25-44-35(37-31)33(38-34(39)24-41-22-29-11-7-5-8-12-29)21-28-15-17-32(18-16-28)43-23-30-13-9-6-10-14-30/h5-20,25,33H,4,21-24H2,1-3H3,(H,38,39)/b26-20+,27-19-/t33-/m0/s1. The van der Waals surface area contributed by atoms with Crippen molar-refractivity contribution in [3.05, 3.63) is 135 Å². The molecule has 8 heteroatoms. The number of rotatable bonds is 15. The van der Waals surface area contributed by atoms with Crippen LogP contribution in [0.1, 0.15) is 54.2 Å². The van der Waals surface area contributed by atoms with Gasteiger partial charge < -0.3 is 19.5 Å². The Morgan fingerprint density at radius 3 is 2.20 bits per heavy atom. The lowest BCUT2D eigenvalue weighted by atomic mass is 10.1. The van der Waals surface area contributed by atoms with Crippen molar-refractivity contribution < 1.29 is 23.8 Å². The summed E-state index contributed by atoms with van der Waals surface area (Å²) in [6, 6.07) is 27.3. The summed E-state index contributed by atoms with van der Waals surface area (Å²) in [5, 5.41) is 5.83. The number of esters is 1. The molecule has 44 heavy (non-hydrogen) atoms. The van der Waals surface area contributed by atoms with Gasteiger partial charge in [0.15, 0.2) is 0 Å². The maximum Gasteiger partial charge on any atom is 0.333 e. The highest BCUT2D eigenvalue weighted by atomic mass is 32.1. The first-order chi connectivity index (χ1) is 21.4. The van der Waals surface area contributed by atoms with E-state index in [-0.39, 0.29) is 24.5 Å². The number of hydrogen-bond donors (Lipinski definition) is 1. The fourth-order valence-electron chi connectivity index (χ4n) is 4.42. The molecule has 1 N–H and O–H groups in total. The zero-order chi connectivity index (χ0) is 31.1. The molecule has 0 radical (unpaired) electrons. The summed E-state index contributed by atoms with van der Waals surface area (Å²) in [5.41, 5.74) is 5.28. The number of amides is 1. The summed E-state index contributed by atoms with van der Waals surface area (Å²) < 4.78 is 16.7. The maximum absolute atomic E-state index is 13.0. The van der Waals surface area contributed by atoms with Crippen molar-refractivity contribution in [2.45, 2.75) is 46.4 Å². The van der Waals surface area contributed by atoms with Crippen LogP contribution < -0.4 is 10.1 Å². The van der Waals surface area contributed by atoms with Crippen LogP contribution in [0, 0.1) is 0 Å². The summed E-state index contributed by atoms with van der Waals surface area (Å²) >= 11 is 1.48. The van der Waals surface area contributed by atoms with Crippen LogP contribution in [0.15, 0.2) is 108 Å². The zero-order valence-corrected chi connectivity index (χ0v) is 26.1. The Hall–Kier alpha value is -4.53. The second-order valence-corrected chi connectivity index (χ2v) is 11.2. The molecule has 0 spiro atoms.